The van der Waals surface area contributed by atoms with Crippen molar-refractivity contribution in [3.8, 4) is 0 Å². The topological polar surface area (TPSA) is 89.5 Å². The van der Waals surface area contributed by atoms with Gasteiger partial charge in [-0.2, -0.15) is 0 Å². The predicted molar refractivity (Wildman–Crippen MR) is 108 cm³/mol. The monoisotopic (exact) mass is 418 g/mol. The second-order valence-corrected chi connectivity index (χ2v) is 7.71. The summed E-state index contributed by atoms with van der Waals surface area (Å²) in [4.78, 5) is 35.0. The molecule has 2 N–H and O–H groups in total. The molecule has 3 heterocycles. The summed E-state index contributed by atoms with van der Waals surface area (Å²) in [6, 6.07) is 5.13. The number of rotatable bonds is 6. The van der Waals surface area contributed by atoms with E-state index in [0.717, 1.165) is 44.8 Å². The van der Waals surface area contributed by atoms with Crippen LogP contribution in [-0.2, 0) is 16.1 Å². The number of nitrogens with zero attached hydrogens (tertiary/aromatic N) is 4. The summed E-state index contributed by atoms with van der Waals surface area (Å²) in [5.41, 5.74) is 0.854. The molecule has 0 bridgehead atoms. The number of hydrogen-bond donors (Lipinski definition) is 2. The second kappa shape index (κ2) is 8.97. The van der Waals surface area contributed by atoms with Crippen LogP contribution in [0.15, 0.2) is 29.3 Å². The molecule has 3 aliphatic rings. The van der Waals surface area contributed by atoms with Gasteiger partial charge in [-0.1, -0.05) is 12.1 Å². The van der Waals surface area contributed by atoms with Gasteiger partial charge in [-0.15, -0.1) is 0 Å². The molecule has 3 amide bonds. The maximum Gasteiger partial charge on any atom is 0.325 e. The van der Waals surface area contributed by atoms with Crippen LogP contribution in [0.2, 0.25) is 0 Å². The summed E-state index contributed by atoms with van der Waals surface area (Å²) in [6.07, 6.45) is 0.385. The molecule has 3 saturated heterocycles. The molecule has 1 aromatic rings. The Balaban J connectivity index is 1.48. The Morgan fingerprint density at radius 3 is 2.67 bits per heavy atom. The van der Waals surface area contributed by atoms with E-state index < -0.39 is 18.2 Å². The van der Waals surface area contributed by atoms with Crippen molar-refractivity contribution in [2.75, 3.05) is 46.4 Å². The summed E-state index contributed by atoms with van der Waals surface area (Å²) in [5.74, 6) is -0.0989. The van der Waals surface area contributed by atoms with Crippen LogP contribution >= 0.6 is 0 Å². The van der Waals surface area contributed by atoms with E-state index in [0.29, 0.717) is 19.0 Å². The average Bonchev–Trinajstić information content (AvgIpc) is 3.11. The first-order valence-corrected chi connectivity index (χ1v) is 10.2. The van der Waals surface area contributed by atoms with Crippen molar-refractivity contribution in [3.05, 3.63) is 35.6 Å². The Bertz CT molecular complexity index is 811. The Hall–Kier alpha value is -2.72. The first-order chi connectivity index (χ1) is 14.5. The molecule has 10 heteroatoms. The average molecular weight is 418 g/mol. The number of imide groups is 1. The van der Waals surface area contributed by atoms with E-state index in [4.69, 9.17) is 9.73 Å². The second-order valence-electron chi connectivity index (χ2n) is 7.71. The number of carbonyl (C=O) groups excluding carboxylic acids is 2. The van der Waals surface area contributed by atoms with E-state index in [2.05, 4.69) is 15.5 Å². The van der Waals surface area contributed by atoms with Gasteiger partial charge in [0.05, 0.1) is 13.2 Å². The zero-order chi connectivity index (χ0) is 21.1. The number of hydrogen-bond acceptors (Lipinski definition) is 5. The third-order valence-electron chi connectivity index (χ3n) is 5.68. The van der Waals surface area contributed by atoms with Crippen molar-refractivity contribution in [1.29, 1.82) is 0 Å². The molecule has 2 unspecified atom stereocenters. The predicted octanol–water partition coefficient (Wildman–Crippen LogP) is 0.186. The number of aliphatic imine (C=N–C) groups is 1. The van der Waals surface area contributed by atoms with Crippen LogP contribution in [0.1, 0.15) is 12.0 Å². The smallest absolute Gasteiger partial charge is 0.325 e. The molecule has 162 valence electrons. The summed E-state index contributed by atoms with van der Waals surface area (Å²) < 4.78 is 18.7. The van der Waals surface area contributed by atoms with Gasteiger partial charge in [0.25, 0.3) is 5.91 Å². The Kier molecular flexibility index (Phi) is 6.14. The number of benzene rings is 1. The van der Waals surface area contributed by atoms with E-state index in [9.17, 15) is 14.0 Å². The van der Waals surface area contributed by atoms with Gasteiger partial charge >= 0.3 is 6.03 Å². The quantitative estimate of drug-likeness (QED) is 0.641. The van der Waals surface area contributed by atoms with Gasteiger partial charge in [-0.25, -0.2) is 9.18 Å². The normalized spacial score (nSPS) is 26.0. The van der Waals surface area contributed by atoms with Crippen molar-refractivity contribution < 1.29 is 18.7 Å². The van der Waals surface area contributed by atoms with Crippen LogP contribution in [0.25, 0.3) is 0 Å². The number of fused-ring (bicyclic) bond motifs is 1. The Morgan fingerprint density at radius 2 is 1.93 bits per heavy atom. The van der Waals surface area contributed by atoms with Gasteiger partial charge in [0.2, 0.25) is 0 Å². The van der Waals surface area contributed by atoms with E-state index in [-0.39, 0.29) is 11.7 Å². The number of ether oxygens (including phenoxy) is 1. The number of carbonyl (C=O) groups is 2. The van der Waals surface area contributed by atoms with E-state index in [1.807, 2.05) is 4.90 Å². The lowest BCUT2D eigenvalue weighted by molar-refractivity contribution is -0.127. The van der Waals surface area contributed by atoms with Crippen LogP contribution in [0.4, 0.5) is 9.18 Å². The Labute approximate surface area is 174 Å². The summed E-state index contributed by atoms with van der Waals surface area (Å²) >= 11 is 0. The SMILES string of the molecule is CN1C(=O)NC(=O)C2C1NC(=NCCCN1CCOCC1)N2Cc1ccc(F)cc1. The maximum atomic E-state index is 13.3. The molecule has 9 nitrogen and oxygen atoms in total. The fourth-order valence-electron chi connectivity index (χ4n) is 3.98. The Morgan fingerprint density at radius 1 is 1.20 bits per heavy atom. The number of amides is 3. The maximum absolute atomic E-state index is 13.3. The highest BCUT2D eigenvalue weighted by Gasteiger charge is 2.49. The molecule has 0 aliphatic carbocycles. The third-order valence-corrected chi connectivity index (χ3v) is 5.68. The number of guanidine groups is 1. The lowest BCUT2D eigenvalue weighted by Crippen LogP contribution is -2.64. The van der Waals surface area contributed by atoms with Gasteiger partial charge in [0, 0.05) is 39.8 Å². The van der Waals surface area contributed by atoms with Crippen molar-refractivity contribution in [3.63, 3.8) is 0 Å². The first-order valence-electron chi connectivity index (χ1n) is 10.2. The molecule has 2 atom stereocenters. The van der Waals surface area contributed by atoms with Gasteiger partial charge in [0.15, 0.2) is 12.0 Å². The van der Waals surface area contributed by atoms with Crippen LogP contribution in [0.5, 0.6) is 0 Å². The molecule has 0 aromatic heterocycles. The number of morpholine rings is 1. The van der Waals surface area contributed by atoms with E-state index >= 15 is 0 Å². The van der Waals surface area contributed by atoms with E-state index in [1.54, 1.807) is 19.2 Å². The van der Waals surface area contributed by atoms with Crippen molar-refractivity contribution in [2.24, 2.45) is 4.99 Å². The molecule has 4 rings (SSSR count). The third kappa shape index (κ3) is 4.39. The molecule has 0 radical (unpaired) electrons. The highest BCUT2D eigenvalue weighted by Crippen LogP contribution is 2.23. The minimum Gasteiger partial charge on any atom is -0.379 e. The molecular formula is C20H27FN6O3. The molecule has 1 aromatic carbocycles. The van der Waals surface area contributed by atoms with Gasteiger partial charge in [-0.05, 0) is 24.1 Å². The fourth-order valence-corrected chi connectivity index (χ4v) is 3.98. The van der Waals surface area contributed by atoms with Crippen molar-refractivity contribution >= 4 is 17.9 Å². The molecular weight excluding hydrogens is 391 g/mol. The molecule has 0 saturated carbocycles. The van der Waals surface area contributed by atoms with E-state index in [1.165, 1.54) is 17.0 Å². The minimum atomic E-state index is -0.601. The van der Waals surface area contributed by atoms with Gasteiger partial charge < -0.3 is 19.9 Å². The first kappa shape index (κ1) is 20.5. The fraction of sp³-hybridized carbons (Fsp3) is 0.550. The molecule has 3 fully saturated rings. The van der Waals surface area contributed by atoms with Crippen LogP contribution < -0.4 is 10.6 Å². The lowest BCUT2D eigenvalue weighted by Gasteiger charge is -2.35. The van der Waals surface area contributed by atoms with Gasteiger partial charge in [-0.3, -0.25) is 20.0 Å². The van der Waals surface area contributed by atoms with Gasteiger partial charge in [0.1, 0.15) is 12.0 Å². The number of urea groups is 1. The molecule has 3 aliphatic heterocycles. The largest absolute Gasteiger partial charge is 0.379 e. The summed E-state index contributed by atoms with van der Waals surface area (Å²) in [6.45, 7) is 5.31. The van der Waals surface area contributed by atoms with Crippen molar-refractivity contribution in [2.45, 2.75) is 25.2 Å². The summed E-state index contributed by atoms with van der Waals surface area (Å²) in [5, 5.41) is 5.63. The van der Waals surface area contributed by atoms with Crippen LogP contribution in [-0.4, -0.2) is 91.2 Å². The standard InChI is InChI=1S/C20H27FN6O3/c1-25-17-16(18(28)24-20(25)29)27(13-14-3-5-15(21)6-4-14)19(23-17)22-7-2-8-26-9-11-30-12-10-26/h3-6,16-17H,2,7-13H2,1H3,(H,22,23)(H,24,28,29). The minimum absolute atomic E-state index is 0.311. The zero-order valence-corrected chi connectivity index (χ0v) is 17.0. The highest BCUT2D eigenvalue weighted by molar-refractivity contribution is 6.04. The lowest BCUT2D eigenvalue weighted by atomic mass is 10.1. The van der Waals surface area contributed by atoms with Crippen molar-refractivity contribution in [1.82, 2.24) is 25.3 Å². The molecule has 30 heavy (non-hydrogen) atoms. The molecule has 0 spiro atoms. The highest BCUT2D eigenvalue weighted by atomic mass is 19.1. The number of nitrogens with one attached hydrogen (secondary N) is 2. The number of likely N-dealkylation sites (N-methyl/N-ethyl adjacent to an activating group) is 1. The zero-order valence-electron chi connectivity index (χ0n) is 17.0. The number of halogens is 1. The summed E-state index contributed by atoms with van der Waals surface area (Å²) in [7, 11) is 1.64. The van der Waals surface area contributed by atoms with Crippen LogP contribution in [0.3, 0.4) is 0 Å². The van der Waals surface area contributed by atoms with Crippen LogP contribution in [0, 0.1) is 5.82 Å².